The molecule has 0 radical (unpaired) electrons. The number of rotatable bonds is 4. The third-order valence-electron chi connectivity index (χ3n) is 4.74. The fourth-order valence-electron chi connectivity index (χ4n) is 3.74. The summed E-state index contributed by atoms with van der Waals surface area (Å²) in [7, 11) is 0. The first-order chi connectivity index (χ1) is 9.81. The van der Waals surface area contributed by atoms with Gasteiger partial charge in [-0.1, -0.05) is 12.8 Å². The molecule has 0 spiro atoms. The molecule has 0 aromatic carbocycles. The lowest BCUT2D eigenvalue weighted by atomic mass is 9.86. The molecule has 3 rings (SSSR count). The van der Waals surface area contributed by atoms with Crippen LogP contribution in [0.1, 0.15) is 54.9 Å². The number of thiophene rings is 1. The molecule has 0 aliphatic heterocycles. The van der Waals surface area contributed by atoms with Crippen LogP contribution in [0.4, 0.5) is 0 Å². The van der Waals surface area contributed by atoms with E-state index < -0.39 is 0 Å². The lowest BCUT2D eigenvalue weighted by Crippen LogP contribution is -2.43. The summed E-state index contributed by atoms with van der Waals surface area (Å²) < 4.78 is 0. The van der Waals surface area contributed by atoms with Crippen LogP contribution in [0.15, 0.2) is 11.4 Å². The highest BCUT2D eigenvalue weighted by Gasteiger charge is 2.34. The van der Waals surface area contributed by atoms with E-state index in [0.29, 0.717) is 12.6 Å². The van der Waals surface area contributed by atoms with Crippen molar-refractivity contribution in [3.05, 3.63) is 21.9 Å². The molecule has 1 amide bonds. The molecule has 1 aromatic rings. The van der Waals surface area contributed by atoms with Crippen molar-refractivity contribution >= 4 is 17.2 Å². The van der Waals surface area contributed by atoms with Crippen molar-refractivity contribution in [2.24, 2.45) is 0 Å². The van der Waals surface area contributed by atoms with E-state index in [4.69, 9.17) is 0 Å². The molecule has 0 saturated heterocycles. The Labute approximate surface area is 124 Å². The molecule has 2 aliphatic rings. The van der Waals surface area contributed by atoms with E-state index in [-0.39, 0.29) is 18.4 Å². The van der Waals surface area contributed by atoms with E-state index in [1.54, 1.807) is 11.3 Å². The van der Waals surface area contributed by atoms with E-state index in [1.165, 1.54) is 23.3 Å². The summed E-state index contributed by atoms with van der Waals surface area (Å²) in [5, 5.41) is 11.4. The van der Waals surface area contributed by atoms with Crippen LogP contribution in [0.25, 0.3) is 0 Å². The smallest absolute Gasteiger partial charge is 0.230 e. The normalized spacial score (nSPS) is 22.8. The number of carbonyl (C=O) groups is 1. The Bertz CT molecular complexity index is 465. The van der Waals surface area contributed by atoms with Crippen LogP contribution >= 0.6 is 11.3 Å². The Morgan fingerprint density at radius 1 is 1.30 bits per heavy atom. The van der Waals surface area contributed by atoms with Gasteiger partial charge in [0.1, 0.15) is 0 Å². The van der Waals surface area contributed by atoms with E-state index in [2.05, 4.69) is 11.4 Å². The molecule has 20 heavy (non-hydrogen) atoms. The molecule has 1 saturated carbocycles. The quantitative estimate of drug-likeness (QED) is 0.927. The molecule has 1 aromatic heterocycles. The number of fused-ring (bicyclic) bond motifs is 1. The molecule has 1 heterocycles. The molecular formula is C16H23NO2S. The third kappa shape index (κ3) is 2.63. The van der Waals surface area contributed by atoms with E-state index >= 15 is 0 Å². The summed E-state index contributed by atoms with van der Waals surface area (Å²) >= 11 is 1.78. The summed E-state index contributed by atoms with van der Waals surface area (Å²) in [6, 6.07) is 2.49. The molecule has 4 heteroatoms. The van der Waals surface area contributed by atoms with Gasteiger partial charge in [-0.05, 0) is 49.1 Å². The minimum atomic E-state index is 0.0390. The van der Waals surface area contributed by atoms with Crippen molar-refractivity contribution < 1.29 is 9.90 Å². The second-order valence-corrected chi connectivity index (χ2v) is 6.94. The first kappa shape index (κ1) is 14.1. The molecule has 3 nitrogen and oxygen atoms in total. The fourth-order valence-corrected chi connectivity index (χ4v) is 4.73. The van der Waals surface area contributed by atoms with E-state index in [1.807, 2.05) is 4.90 Å². The molecule has 1 fully saturated rings. The number of aryl methyl sites for hydroxylation is 1. The number of amides is 1. The fraction of sp³-hybridized carbons (Fsp3) is 0.688. The topological polar surface area (TPSA) is 40.5 Å². The van der Waals surface area contributed by atoms with Crippen molar-refractivity contribution in [2.45, 2.75) is 56.9 Å². The zero-order chi connectivity index (χ0) is 13.9. The van der Waals surface area contributed by atoms with Gasteiger partial charge < -0.3 is 10.0 Å². The van der Waals surface area contributed by atoms with Gasteiger partial charge in [0.05, 0.1) is 12.5 Å². The lowest BCUT2D eigenvalue weighted by Gasteiger charge is -2.33. The maximum Gasteiger partial charge on any atom is 0.230 e. The van der Waals surface area contributed by atoms with Crippen LogP contribution in [0.3, 0.4) is 0 Å². The van der Waals surface area contributed by atoms with Gasteiger partial charge in [0.15, 0.2) is 0 Å². The van der Waals surface area contributed by atoms with Gasteiger partial charge >= 0.3 is 0 Å². The summed E-state index contributed by atoms with van der Waals surface area (Å²) in [6.45, 7) is 0.574. The van der Waals surface area contributed by atoms with Crippen LogP contribution in [-0.2, 0) is 11.2 Å². The van der Waals surface area contributed by atoms with Gasteiger partial charge in [0.25, 0.3) is 0 Å². The number of aliphatic hydroxyl groups excluding tert-OH is 1. The predicted octanol–water partition coefficient (Wildman–Crippen LogP) is 2.93. The SMILES string of the molecule is O=C(C1CCCc2sccc21)N(CCO)C1CCCC1. The second kappa shape index (κ2) is 6.27. The Morgan fingerprint density at radius 3 is 2.85 bits per heavy atom. The van der Waals surface area contributed by atoms with E-state index in [0.717, 1.165) is 32.1 Å². The second-order valence-electron chi connectivity index (χ2n) is 5.94. The van der Waals surface area contributed by atoms with Crippen molar-refractivity contribution in [1.29, 1.82) is 0 Å². The molecule has 1 unspecified atom stereocenters. The monoisotopic (exact) mass is 293 g/mol. The summed E-state index contributed by atoms with van der Waals surface area (Å²) in [5.74, 6) is 0.294. The number of hydrogen-bond donors (Lipinski definition) is 1. The summed E-state index contributed by atoms with van der Waals surface area (Å²) in [4.78, 5) is 16.3. The Morgan fingerprint density at radius 2 is 2.10 bits per heavy atom. The zero-order valence-electron chi connectivity index (χ0n) is 11.9. The standard InChI is InChI=1S/C16H23NO2S/c18-10-9-17(12-4-1-2-5-12)16(19)14-6-3-7-15-13(14)8-11-20-15/h8,11-12,14,18H,1-7,9-10H2. The number of aliphatic hydroxyl groups is 1. The van der Waals surface area contributed by atoms with Crippen LogP contribution in [-0.4, -0.2) is 35.1 Å². The Hall–Kier alpha value is -0.870. The first-order valence-corrected chi connectivity index (χ1v) is 8.67. The van der Waals surface area contributed by atoms with Crippen molar-refractivity contribution in [1.82, 2.24) is 4.90 Å². The number of nitrogens with zero attached hydrogens (tertiary/aromatic N) is 1. The van der Waals surface area contributed by atoms with Crippen molar-refractivity contribution in [3.63, 3.8) is 0 Å². The van der Waals surface area contributed by atoms with Gasteiger partial charge in [-0.15, -0.1) is 11.3 Å². The van der Waals surface area contributed by atoms with Gasteiger partial charge in [-0.25, -0.2) is 0 Å². The zero-order valence-corrected chi connectivity index (χ0v) is 12.7. The first-order valence-electron chi connectivity index (χ1n) is 7.79. The Balaban J connectivity index is 1.80. The molecule has 1 N–H and O–H groups in total. The van der Waals surface area contributed by atoms with Crippen LogP contribution < -0.4 is 0 Å². The maximum atomic E-state index is 13.0. The van der Waals surface area contributed by atoms with Gasteiger partial charge in [-0.2, -0.15) is 0 Å². The molecule has 0 bridgehead atoms. The number of carbonyl (C=O) groups excluding carboxylic acids is 1. The lowest BCUT2D eigenvalue weighted by molar-refractivity contribution is -0.136. The highest BCUT2D eigenvalue weighted by atomic mass is 32.1. The van der Waals surface area contributed by atoms with Crippen molar-refractivity contribution in [3.8, 4) is 0 Å². The summed E-state index contributed by atoms with van der Waals surface area (Å²) in [5.41, 5.74) is 1.26. The number of hydrogen-bond acceptors (Lipinski definition) is 3. The summed E-state index contributed by atoms with van der Waals surface area (Å²) in [6.07, 6.45) is 7.85. The van der Waals surface area contributed by atoms with Gasteiger partial charge in [0, 0.05) is 17.5 Å². The molecule has 110 valence electrons. The van der Waals surface area contributed by atoms with Crippen LogP contribution in [0, 0.1) is 0 Å². The molecule has 1 atom stereocenters. The van der Waals surface area contributed by atoms with Crippen LogP contribution in [0.5, 0.6) is 0 Å². The molecule has 2 aliphatic carbocycles. The largest absolute Gasteiger partial charge is 0.395 e. The molecular weight excluding hydrogens is 270 g/mol. The predicted molar refractivity (Wildman–Crippen MR) is 81.1 cm³/mol. The van der Waals surface area contributed by atoms with Crippen LogP contribution in [0.2, 0.25) is 0 Å². The van der Waals surface area contributed by atoms with Gasteiger partial charge in [-0.3, -0.25) is 4.79 Å². The highest BCUT2D eigenvalue weighted by Crippen LogP contribution is 2.37. The Kier molecular flexibility index (Phi) is 4.41. The van der Waals surface area contributed by atoms with Gasteiger partial charge in [0.2, 0.25) is 5.91 Å². The minimum absolute atomic E-state index is 0.0390. The average Bonchev–Trinajstić information content (AvgIpc) is 3.14. The average molecular weight is 293 g/mol. The highest BCUT2D eigenvalue weighted by molar-refractivity contribution is 7.10. The third-order valence-corrected chi connectivity index (χ3v) is 5.74. The van der Waals surface area contributed by atoms with E-state index in [9.17, 15) is 9.90 Å². The minimum Gasteiger partial charge on any atom is -0.395 e. The maximum absolute atomic E-state index is 13.0. The van der Waals surface area contributed by atoms with Crippen molar-refractivity contribution in [2.75, 3.05) is 13.2 Å².